The van der Waals surface area contributed by atoms with Gasteiger partial charge in [0.15, 0.2) is 0 Å². The molecule has 10 aromatic rings. The predicted octanol–water partition coefficient (Wildman–Crippen LogP) is 14.0. The highest BCUT2D eigenvalue weighted by molar-refractivity contribution is 6.13. The molecule has 0 unspecified atom stereocenters. The summed E-state index contributed by atoms with van der Waals surface area (Å²) < 4.78 is 8.74. The molecule has 2 aromatic heterocycles. The van der Waals surface area contributed by atoms with Crippen molar-refractivity contribution in [1.29, 1.82) is 0 Å². The maximum Gasteiger partial charge on any atom is 0.135 e. The molecule has 0 fully saturated rings. The maximum absolute atomic E-state index is 6.28. The summed E-state index contributed by atoms with van der Waals surface area (Å²) in [6.07, 6.45) is 0. The second-order valence-corrected chi connectivity index (χ2v) is 13.7. The summed E-state index contributed by atoms with van der Waals surface area (Å²) in [4.78, 5) is 2.47. The van der Waals surface area contributed by atoms with Crippen LogP contribution < -0.4 is 4.90 Å². The van der Waals surface area contributed by atoms with Gasteiger partial charge >= 0.3 is 0 Å². The SMILES string of the molecule is c1ccc(-c2cc(-c3ccccc3)cc(N3c4ccccc4-c4c(n(-c5ccc6oc7ccccc7c6c5)c5ccccc45)-c4ccccc43)c2)cc1. The van der Waals surface area contributed by atoms with Crippen LogP contribution in [0.15, 0.2) is 199 Å². The molecular formula is C50H32N2O. The Morgan fingerprint density at radius 3 is 1.66 bits per heavy atom. The average Bonchev–Trinajstić information content (AvgIpc) is 3.74. The normalized spacial score (nSPS) is 12.1. The van der Waals surface area contributed by atoms with Crippen molar-refractivity contribution in [2.75, 3.05) is 4.90 Å². The van der Waals surface area contributed by atoms with Gasteiger partial charge in [0.25, 0.3) is 0 Å². The summed E-state index contributed by atoms with van der Waals surface area (Å²) in [6.45, 7) is 0. The fourth-order valence-corrected chi connectivity index (χ4v) is 8.38. The molecule has 248 valence electrons. The van der Waals surface area contributed by atoms with Gasteiger partial charge in [0.1, 0.15) is 11.2 Å². The number of anilines is 3. The number of nitrogens with zero attached hydrogens (tertiary/aromatic N) is 2. The first-order valence-corrected chi connectivity index (χ1v) is 18.1. The average molecular weight is 677 g/mol. The highest BCUT2D eigenvalue weighted by Crippen LogP contribution is 2.55. The molecule has 0 amide bonds. The van der Waals surface area contributed by atoms with Crippen LogP contribution in [0, 0.1) is 0 Å². The van der Waals surface area contributed by atoms with Crippen LogP contribution in [0.25, 0.3) is 83.2 Å². The Kier molecular flexibility index (Phi) is 6.55. The number of aromatic nitrogens is 1. The number of fused-ring (bicyclic) bond motifs is 10. The van der Waals surface area contributed by atoms with Gasteiger partial charge in [-0.3, -0.25) is 0 Å². The van der Waals surface area contributed by atoms with E-state index in [0.717, 1.165) is 44.7 Å². The van der Waals surface area contributed by atoms with E-state index in [9.17, 15) is 0 Å². The summed E-state index contributed by atoms with van der Waals surface area (Å²) in [5.41, 5.74) is 16.9. The van der Waals surface area contributed by atoms with Crippen molar-refractivity contribution >= 4 is 49.9 Å². The third-order valence-electron chi connectivity index (χ3n) is 10.7. The highest BCUT2D eigenvalue weighted by Gasteiger charge is 2.31. The third kappa shape index (κ3) is 4.61. The fourth-order valence-electron chi connectivity index (χ4n) is 8.38. The van der Waals surface area contributed by atoms with Crippen molar-refractivity contribution in [2.45, 2.75) is 0 Å². The summed E-state index contributed by atoms with van der Waals surface area (Å²) in [5, 5.41) is 3.45. The van der Waals surface area contributed by atoms with E-state index in [1.807, 2.05) is 12.1 Å². The first-order chi connectivity index (χ1) is 26.3. The fraction of sp³-hybridized carbons (Fsp3) is 0. The molecule has 11 rings (SSSR count). The predicted molar refractivity (Wildman–Crippen MR) is 221 cm³/mol. The van der Waals surface area contributed by atoms with Crippen LogP contribution in [-0.2, 0) is 0 Å². The van der Waals surface area contributed by atoms with Gasteiger partial charge in [-0.2, -0.15) is 0 Å². The topological polar surface area (TPSA) is 21.3 Å². The molecule has 0 N–H and O–H groups in total. The summed E-state index contributed by atoms with van der Waals surface area (Å²) in [5.74, 6) is 0. The minimum absolute atomic E-state index is 0.891. The molecule has 3 heterocycles. The Bertz CT molecular complexity index is 2950. The molecule has 53 heavy (non-hydrogen) atoms. The van der Waals surface area contributed by atoms with Crippen LogP contribution in [-0.4, -0.2) is 4.57 Å². The first kappa shape index (κ1) is 29.6. The van der Waals surface area contributed by atoms with Gasteiger partial charge in [0.05, 0.1) is 22.6 Å². The number of benzene rings is 8. The van der Waals surface area contributed by atoms with Gasteiger partial charge in [-0.05, 0) is 82.9 Å². The summed E-state index contributed by atoms with van der Waals surface area (Å²) in [7, 11) is 0. The zero-order valence-corrected chi connectivity index (χ0v) is 28.8. The zero-order chi connectivity index (χ0) is 34.9. The van der Waals surface area contributed by atoms with E-state index in [0.29, 0.717) is 0 Å². The zero-order valence-electron chi connectivity index (χ0n) is 28.8. The number of para-hydroxylation sites is 4. The molecule has 0 saturated heterocycles. The Balaban J connectivity index is 1.23. The lowest BCUT2D eigenvalue weighted by Crippen LogP contribution is -2.11. The number of hydrogen-bond donors (Lipinski definition) is 0. The summed E-state index contributed by atoms with van der Waals surface area (Å²) >= 11 is 0. The van der Waals surface area contributed by atoms with E-state index in [4.69, 9.17) is 4.42 Å². The number of hydrogen-bond acceptors (Lipinski definition) is 2. The van der Waals surface area contributed by atoms with Gasteiger partial charge in [0, 0.05) is 44.2 Å². The summed E-state index contributed by atoms with van der Waals surface area (Å²) in [6, 6.07) is 69.9. The van der Waals surface area contributed by atoms with E-state index in [1.54, 1.807) is 0 Å². The molecule has 0 bridgehead atoms. The number of furan rings is 1. The second-order valence-electron chi connectivity index (χ2n) is 13.7. The molecule has 1 aliphatic rings. The Morgan fingerprint density at radius 1 is 0.358 bits per heavy atom. The van der Waals surface area contributed by atoms with E-state index in [-0.39, 0.29) is 0 Å². The van der Waals surface area contributed by atoms with Crippen molar-refractivity contribution < 1.29 is 4.42 Å². The second kappa shape index (κ2) is 11.7. The molecule has 0 saturated carbocycles. The molecule has 0 spiro atoms. The minimum atomic E-state index is 0.891. The van der Waals surface area contributed by atoms with Crippen molar-refractivity contribution in [3.63, 3.8) is 0 Å². The van der Waals surface area contributed by atoms with E-state index < -0.39 is 0 Å². The van der Waals surface area contributed by atoms with Gasteiger partial charge in [-0.1, -0.05) is 133 Å². The quantitative estimate of drug-likeness (QED) is 0.185. The Labute approximate surface area is 307 Å². The standard InChI is InChI=1S/C50H32N2O/c1-3-15-33(16-4-1)35-29-36(34-17-5-2-6-18-34)31-38(30-35)51-44-23-11-7-20-40(44)49-41-21-8-12-24-45(41)52(50(49)42-22-9-13-25-46(42)51)37-27-28-48-43(32-37)39-19-10-14-26-47(39)53-48/h1-32H. The van der Waals surface area contributed by atoms with Crippen LogP contribution in [0.5, 0.6) is 0 Å². The van der Waals surface area contributed by atoms with Crippen molar-refractivity contribution in [3.8, 4) is 50.3 Å². The van der Waals surface area contributed by atoms with Gasteiger partial charge in [0.2, 0.25) is 0 Å². The van der Waals surface area contributed by atoms with Crippen LogP contribution in [0.3, 0.4) is 0 Å². The van der Waals surface area contributed by atoms with Crippen LogP contribution >= 0.6 is 0 Å². The molecular weight excluding hydrogens is 645 g/mol. The van der Waals surface area contributed by atoms with E-state index >= 15 is 0 Å². The van der Waals surface area contributed by atoms with Crippen LogP contribution in [0.4, 0.5) is 17.1 Å². The first-order valence-electron chi connectivity index (χ1n) is 18.1. The third-order valence-corrected chi connectivity index (χ3v) is 10.7. The molecule has 3 nitrogen and oxygen atoms in total. The van der Waals surface area contributed by atoms with Gasteiger partial charge in [-0.15, -0.1) is 0 Å². The monoisotopic (exact) mass is 676 g/mol. The lowest BCUT2D eigenvalue weighted by Gasteiger charge is -2.28. The maximum atomic E-state index is 6.28. The van der Waals surface area contributed by atoms with Gasteiger partial charge < -0.3 is 13.9 Å². The number of rotatable bonds is 4. The smallest absolute Gasteiger partial charge is 0.135 e. The molecule has 0 radical (unpaired) electrons. The van der Waals surface area contributed by atoms with Crippen molar-refractivity contribution in [1.82, 2.24) is 4.57 Å². The lowest BCUT2D eigenvalue weighted by atomic mass is 9.97. The van der Waals surface area contributed by atoms with Crippen molar-refractivity contribution in [2.24, 2.45) is 0 Å². The minimum Gasteiger partial charge on any atom is -0.456 e. The lowest BCUT2D eigenvalue weighted by molar-refractivity contribution is 0.669. The molecule has 3 heteroatoms. The highest BCUT2D eigenvalue weighted by atomic mass is 16.3. The van der Waals surface area contributed by atoms with Crippen molar-refractivity contribution in [3.05, 3.63) is 194 Å². The van der Waals surface area contributed by atoms with E-state index in [2.05, 4.69) is 191 Å². The van der Waals surface area contributed by atoms with Crippen LogP contribution in [0.2, 0.25) is 0 Å². The Hall–Kier alpha value is -7.10. The molecule has 0 aliphatic carbocycles. The largest absolute Gasteiger partial charge is 0.456 e. The van der Waals surface area contributed by atoms with Gasteiger partial charge in [-0.25, -0.2) is 0 Å². The van der Waals surface area contributed by atoms with E-state index in [1.165, 1.54) is 55.5 Å². The molecule has 8 aromatic carbocycles. The molecule has 1 aliphatic heterocycles. The molecule has 0 atom stereocenters. The van der Waals surface area contributed by atoms with Crippen LogP contribution in [0.1, 0.15) is 0 Å². The Morgan fingerprint density at radius 2 is 0.925 bits per heavy atom.